The molecule has 1 aliphatic rings. The molecule has 0 bridgehead atoms. The van der Waals surface area contributed by atoms with Crippen LogP contribution in [0.15, 0.2) is 118 Å². The lowest BCUT2D eigenvalue weighted by Crippen LogP contribution is -2.28. The maximum absolute atomic E-state index is 5.56. The van der Waals surface area contributed by atoms with Crippen molar-refractivity contribution in [1.29, 1.82) is 0 Å². The molecule has 0 saturated heterocycles. The Morgan fingerprint density at radius 3 is 1.55 bits per heavy atom. The summed E-state index contributed by atoms with van der Waals surface area (Å²) in [6, 6.07) is 33.4. The van der Waals surface area contributed by atoms with Crippen molar-refractivity contribution >= 4 is 11.4 Å². The van der Waals surface area contributed by atoms with Gasteiger partial charge in [-0.05, 0) is 57.6 Å². The molecule has 4 N–H and O–H groups in total. The van der Waals surface area contributed by atoms with E-state index in [4.69, 9.17) is 11.7 Å². The molecule has 0 amide bonds. The molecule has 5 rings (SSSR count). The third-order valence-corrected chi connectivity index (χ3v) is 6.03. The van der Waals surface area contributed by atoms with Gasteiger partial charge in [-0.1, -0.05) is 83.2 Å². The molecule has 7 heteroatoms. The predicted octanol–water partition coefficient (Wildman–Crippen LogP) is 5.81. The van der Waals surface area contributed by atoms with Crippen LogP contribution in [0.3, 0.4) is 0 Å². The molecule has 0 atom stereocenters. The second-order valence-corrected chi connectivity index (χ2v) is 7.91. The van der Waals surface area contributed by atoms with Gasteiger partial charge in [-0.3, -0.25) is 0 Å². The van der Waals surface area contributed by atoms with Gasteiger partial charge >= 0.3 is 0 Å². The van der Waals surface area contributed by atoms with E-state index in [1.165, 1.54) is 27.4 Å². The van der Waals surface area contributed by atoms with E-state index in [0.717, 1.165) is 16.8 Å². The molecular weight excluding hydrogens is 410 g/mol. The highest BCUT2D eigenvalue weighted by atomic mass is 15.7. The Balaban J connectivity index is 1.78. The number of nitrogens with zero attached hydrogens (tertiary/aromatic N) is 5. The summed E-state index contributed by atoms with van der Waals surface area (Å²) in [6.45, 7) is 0. The standard InChI is InChI=1S/C26H23N7/c1-33(28)32-30-21-16-12-19(13-17-21)26(18-10-14-20(15-11-18)29-31-27)24-8-4-2-6-22(24)23-7-3-5-9-25(23)26/h2-17H,28H2,1H3,(H2,27,29). The topological polar surface area (TPSA) is 105 Å². The Morgan fingerprint density at radius 1 is 0.636 bits per heavy atom. The summed E-state index contributed by atoms with van der Waals surface area (Å²) in [5.74, 6) is 10.8. The zero-order chi connectivity index (χ0) is 22.8. The normalized spacial score (nSPS) is 13.9. The predicted molar refractivity (Wildman–Crippen MR) is 129 cm³/mol. The summed E-state index contributed by atoms with van der Waals surface area (Å²) < 4.78 is 0. The summed E-state index contributed by atoms with van der Waals surface area (Å²) in [5, 5.41) is 16.6. The van der Waals surface area contributed by atoms with E-state index in [2.05, 4.69) is 93.5 Å². The van der Waals surface area contributed by atoms with Crippen LogP contribution in [-0.4, -0.2) is 12.2 Å². The highest BCUT2D eigenvalue weighted by Gasteiger charge is 2.45. The SMILES string of the molecule is CN(N)N=Nc1ccc(C2(c3ccc(N=NN)cc3)c3ccccc3-c3ccccc32)cc1. The average molecular weight is 434 g/mol. The van der Waals surface area contributed by atoms with Crippen LogP contribution < -0.4 is 11.7 Å². The number of fused-ring (bicyclic) bond motifs is 3. The number of hydrogen-bond acceptors (Lipinski definition) is 5. The first kappa shape index (κ1) is 20.5. The summed E-state index contributed by atoms with van der Waals surface area (Å²) in [5.41, 5.74) is 8.12. The van der Waals surface area contributed by atoms with Crippen LogP contribution in [0.25, 0.3) is 11.1 Å². The first-order chi connectivity index (χ1) is 16.1. The van der Waals surface area contributed by atoms with E-state index in [1.807, 2.05) is 24.3 Å². The smallest absolute Gasteiger partial charge is 0.0874 e. The van der Waals surface area contributed by atoms with Crippen LogP contribution >= 0.6 is 0 Å². The van der Waals surface area contributed by atoms with Gasteiger partial charge in [0, 0.05) is 7.05 Å². The minimum Gasteiger partial charge on any atom is -0.305 e. The minimum atomic E-state index is -0.494. The first-order valence-electron chi connectivity index (χ1n) is 10.6. The molecule has 1 aliphatic carbocycles. The molecule has 0 aliphatic heterocycles. The molecule has 0 aromatic heterocycles. The van der Waals surface area contributed by atoms with Gasteiger partial charge in [0.15, 0.2) is 0 Å². The summed E-state index contributed by atoms with van der Waals surface area (Å²) in [4.78, 5) is 0. The average Bonchev–Trinajstić information content (AvgIpc) is 3.15. The highest BCUT2D eigenvalue weighted by molar-refractivity contribution is 5.86. The van der Waals surface area contributed by atoms with Crippen LogP contribution in [0.4, 0.5) is 11.4 Å². The van der Waals surface area contributed by atoms with Gasteiger partial charge in [-0.25, -0.2) is 11.0 Å². The summed E-state index contributed by atoms with van der Waals surface area (Å²) >= 11 is 0. The number of nitrogens with two attached hydrogens (primary N) is 2. The first-order valence-corrected chi connectivity index (χ1v) is 10.6. The molecule has 162 valence electrons. The molecule has 0 spiro atoms. The number of hydrogen-bond donors (Lipinski definition) is 2. The molecule has 33 heavy (non-hydrogen) atoms. The van der Waals surface area contributed by atoms with E-state index in [0.29, 0.717) is 5.69 Å². The number of hydrazine groups is 1. The monoisotopic (exact) mass is 433 g/mol. The molecule has 0 heterocycles. The zero-order valence-electron chi connectivity index (χ0n) is 18.1. The van der Waals surface area contributed by atoms with Crippen molar-refractivity contribution < 1.29 is 0 Å². The quantitative estimate of drug-likeness (QED) is 0.207. The van der Waals surface area contributed by atoms with E-state index in [9.17, 15) is 0 Å². The Morgan fingerprint density at radius 2 is 1.09 bits per heavy atom. The number of benzene rings is 4. The molecule has 7 nitrogen and oxygen atoms in total. The fourth-order valence-electron chi connectivity index (χ4n) is 4.77. The Hall–Kier alpha value is -4.36. The van der Waals surface area contributed by atoms with Gasteiger partial charge in [0.25, 0.3) is 0 Å². The molecular formula is C26H23N7. The van der Waals surface area contributed by atoms with Gasteiger partial charge in [0.1, 0.15) is 0 Å². The van der Waals surface area contributed by atoms with Gasteiger partial charge in [0.2, 0.25) is 0 Å². The van der Waals surface area contributed by atoms with E-state index in [1.54, 1.807) is 7.05 Å². The zero-order valence-corrected chi connectivity index (χ0v) is 18.1. The third-order valence-electron chi connectivity index (χ3n) is 6.03. The lowest BCUT2D eigenvalue weighted by molar-refractivity contribution is 0.347. The van der Waals surface area contributed by atoms with Crippen molar-refractivity contribution in [3.8, 4) is 11.1 Å². The van der Waals surface area contributed by atoms with E-state index < -0.39 is 5.41 Å². The second kappa shape index (κ2) is 8.29. The lowest BCUT2D eigenvalue weighted by atomic mass is 9.67. The van der Waals surface area contributed by atoms with Gasteiger partial charge in [-0.2, -0.15) is 0 Å². The van der Waals surface area contributed by atoms with Crippen molar-refractivity contribution in [3.05, 3.63) is 119 Å². The largest absolute Gasteiger partial charge is 0.305 e. The minimum absolute atomic E-state index is 0.494. The third kappa shape index (κ3) is 3.35. The van der Waals surface area contributed by atoms with Crippen molar-refractivity contribution in [1.82, 2.24) is 5.12 Å². The van der Waals surface area contributed by atoms with Crippen molar-refractivity contribution in [2.75, 3.05) is 7.05 Å². The van der Waals surface area contributed by atoms with Gasteiger partial charge < -0.3 is 5.84 Å². The van der Waals surface area contributed by atoms with E-state index in [-0.39, 0.29) is 0 Å². The van der Waals surface area contributed by atoms with Crippen LogP contribution in [0.2, 0.25) is 0 Å². The van der Waals surface area contributed by atoms with Crippen molar-refractivity contribution in [2.45, 2.75) is 5.41 Å². The van der Waals surface area contributed by atoms with Crippen LogP contribution in [0.1, 0.15) is 22.3 Å². The Labute approximate surface area is 192 Å². The van der Waals surface area contributed by atoms with Crippen LogP contribution in [-0.2, 0) is 5.41 Å². The molecule has 4 aromatic rings. The lowest BCUT2D eigenvalue weighted by Gasteiger charge is -2.33. The Bertz CT molecular complexity index is 1290. The summed E-state index contributed by atoms with van der Waals surface area (Å²) in [6.07, 6.45) is 0. The van der Waals surface area contributed by atoms with Crippen LogP contribution in [0.5, 0.6) is 0 Å². The van der Waals surface area contributed by atoms with Gasteiger partial charge in [-0.15, -0.1) is 10.2 Å². The maximum atomic E-state index is 5.56. The fourth-order valence-corrected chi connectivity index (χ4v) is 4.77. The van der Waals surface area contributed by atoms with E-state index >= 15 is 0 Å². The van der Waals surface area contributed by atoms with Crippen molar-refractivity contribution in [2.24, 2.45) is 32.4 Å². The van der Waals surface area contributed by atoms with Crippen LogP contribution in [0, 0.1) is 0 Å². The second-order valence-electron chi connectivity index (χ2n) is 7.91. The fraction of sp³-hybridized carbons (Fsp3) is 0.0769. The van der Waals surface area contributed by atoms with Crippen molar-refractivity contribution in [3.63, 3.8) is 0 Å². The molecule has 0 saturated carbocycles. The number of rotatable bonds is 5. The molecule has 0 fully saturated rings. The molecule has 4 aromatic carbocycles. The Kier molecular flexibility index (Phi) is 5.16. The summed E-state index contributed by atoms with van der Waals surface area (Å²) in [7, 11) is 1.63. The molecule has 0 unspecified atom stereocenters. The molecule has 0 radical (unpaired) electrons. The van der Waals surface area contributed by atoms with Gasteiger partial charge in [0.05, 0.1) is 16.8 Å². The maximum Gasteiger partial charge on any atom is 0.0874 e. The highest BCUT2D eigenvalue weighted by Crippen LogP contribution is 2.56.